The summed E-state index contributed by atoms with van der Waals surface area (Å²) in [5.41, 5.74) is 5.22. The minimum Gasteiger partial charge on any atom is -0.387 e. The number of benzene rings is 3. The largest absolute Gasteiger partial charge is 0.387 e. The van der Waals surface area contributed by atoms with Gasteiger partial charge in [0.1, 0.15) is 0 Å². The summed E-state index contributed by atoms with van der Waals surface area (Å²) < 4.78 is 0.906. The molecular formula is C25H22BrN3O2. The van der Waals surface area contributed by atoms with Crippen molar-refractivity contribution < 1.29 is 9.90 Å². The van der Waals surface area contributed by atoms with E-state index in [2.05, 4.69) is 31.5 Å². The molecule has 0 radical (unpaired) electrons. The first-order chi connectivity index (χ1) is 15.0. The van der Waals surface area contributed by atoms with Crippen LogP contribution in [0.1, 0.15) is 17.4 Å². The van der Waals surface area contributed by atoms with Gasteiger partial charge in [-0.3, -0.25) is 4.98 Å². The first kappa shape index (κ1) is 21.0. The van der Waals surface area contributed by atoms with Gasteiger partial charge in [0.2, 0.25) is 0 Å². The number of rotatable bonds is 5. The molecule has 1 atom stereocenters. The van der Waals surface area contributed by atoms with Crippen molar-refractivity contribution >= 4 is 38.6 Å². The Morgan fingerprint density at radius 3 is 2.45 bits per heavy atom. The molecule has 6 heteroatoms. The number of fused-ring (bicyclic) bond motifs is 1. The molecule has 3 N–H and O–H groups in total. The number of aromatic nitrogens is 1. The number of hydrogen-bond donors (Lipinski definition) is 3. The van der Waals surface area contributed by atoms with E-state index in [-0.39, 0.29) is 12.6 Å². The second-order valence-electron chi connectivity index (χ2n) is 7.31. The van der Waals surface area contributed by atoms with E-state index in [1.54, 1.807) is 0 Å². The van der Waals surface area contributed by atoms with Crippen molar-refractivity contribution in [2.45, 2.75) is 13.0 Å². The molecule has 0 fully saturated rings. The van der Waals surface area contributed by atoms with E-state index in [9.17, 15) is 9.90 Å². The molecule has 156 valence electrons. The lowest BCUT2D eigenvalue weighted by atomic mass is 10.0. The van der Waals surface area contributed by atoms with Crippen LogP contribution in [0.2, 0.25) is 0 Å². The minimum atomic E-state index is -0.805. The summed E-state index contributed by atoms with van der Waals surface area (Å²) in [4.78, 5) is 17.0. The fraction of sp³-hybridized carbons (Fsp3) is 0.120. The second kappa shape index (κ2) is 9.29. The Bertz CT molecular complexity index is 1210. The van der Waals surface area contributed by atoms with E-state index in [0.717, 1.165) is 37.8 Å². The van der Waals surface area contributed by atoms with Crippen molar-refractivity contribution in [1.82, 2.24) is 10.3 Å². The van der Waals surface area contributed by atoms with Crippen LogP contribution in [-0.2, 0) is 0 Å². The van der Waals surface area contributed by atoms with Crippen LogP contribution in [0.25, 0.3) is 22.0 Å². The number of aliphatic hydroxyl groups is 1. The van der Waals surface area contributed by atoms with E-state index in [4.69, 9.17) is 0 Å². The van der Waals surface area contributed by atoms with Crippen LogP contribution in [0.3, 0.4) is 0 Å². The highest BCUT2D eigenvalue weighted by Gasteiger charge is 2.12. The molecule has 2 amide bonds. The normalized spacial score (nSPS) is 11.8. The van der Waals surface area contributed by atoms with Crippen molar-refractivity contribution in [2.24, 2.45) is 0 Å². The van der Waals surface area contributed by atoms with E-state index in [0.29, 0.717) is 5.69 Å². The number of nitrogens with zero attached hydrogens (tertiary/aromatic N) is 1. The molecule has 4 rings (SSSR count). The number of amides is 2. The zero-order valence-electron chi connectivity index (χ0n) is 17.0. The maximum atomic E-state index is 12.5. The highest BCUT2D eigenvalue weighted by atomic mass is 79.9. The van der Waals surface area contributed by atoms with Crippen molar-refractivity contribution in [1.29, 1.82) is 0 Å². The highest BCUT2D eigenvalue weighted by Crippen LogP contribution is 2.26. The SMILES string of the molecule is Cc1cc(NC(=O)NCC(O)c2ccc(-c3ccccc3)cc2)c2cc(Br)ccc2n1. The van der Waals surface area contributed by atoms with Crippen LogP contribution < -0.4 is 10.6 Å². The molecule has 4 aromatic rings. The van der Waals surface area contributed by atoms with Gasteiger partial charge in [-0.15, -0.1) is 0 Å². The third-order valence-corrected chi connectivity index (χ3v) is 5.50. The number of carbonyl (C=O) groups excluding carboxylic acids is 1. The van der Waals surface area contributed by atoms with Crippen LogP contribution in [0.4, 0.5) is 10.5 Å². The number of hydrogen-bond acceptors (Lipinski definition) is 3. The summed E-state index contributed by atoms with van der Waals surface area (Å²) in [7, 11) is 0. The number of urea groups is 1. The molecule has 0 aliphatic rings. The van der Waals surface area contributed by atoms with Gasteiger partial charge in [0.05, 0.1) is 17.3 Å². The summed E-state index contributed by atoms with van der Waals surface area (Å²) in [5, 5.41) is 16.9. The molecule has 0 bridgehead atoms. The lowest BCUT2D eigenvalue weighted by Gasteiger charge is -2.15. The summed E-state index contributed by atoms with van der Waals surface area (Å²) in [6, 6.07) is 24.9. The predicted molar refractivity (Wildman–Crippen MR) is 128 cm³/mol. The monoisotopic (exact) mass is 475 g/mol. The summed E-state index contributed by atoms with van der Waals surface area (Å²) in [6.07, 6.45) is -0.805. The van der Waals surface area contributed by atoms with Gasteiger partial charge >= 0.3 is 6.03 Å². The number of halogens is 1. The fourth-order valence-electron chi connectivity index (χ4n) is 3.44. The molecule has 5 nitrogen and oxygen atoms in total. The second-order valence-corrected chi connectivity index (χ2v) is 8.23. The first-order valence-corrected chi connectivity index (χ1v) is 10.7. The molecule has 1 unspecified atom stereocenters. The lowest BCUT2D eigenvalue weighted by molar-refractivity contribution is 0.175. The standard InChI is InChI=1S/C25H22BrN3O2/c1-16-13-23(21-14-20(26)11-12-22(21)28-16)29-25(31)27-15-24(30)19-9-7-18(8-10-19)17-5-3-2-4-6-17/h2-14,24,30H,15H2,1H3,(H2,27,28,29,31). The Kier molecular flexibility index (Phi) is 6.30. The topological polar surface area (TPSA) is 74.2 Å². The lowest BCUT2D eigenvalue weighted by Crippen LogP contribution is -2.32. The Morgan fingerprint density at radius 2 is 1.71 bits per heavy atom. The summed E-state index contributed by atoms with van der Waals surface area (Å²) in [6.45, 7) is 1.98. The Balaban J connectivity index is 1.40. The minimum absolute atomic E-state index is 0.0994. The van der Waals surface area contributed by atoms with Crippen LogP contribution in [0, 0.1) is 6.92 Å². The first-order valence-electron chi connectivity index (χ1n) is 9.95. The van der Waals surface area contributed by atoms with E-state index < -0.39 is 6.10 Å². The number of anilines is 1. The van der Waals surface area contributed by atoms with E-state index in [1.807, 2.05) is 85.8 Å². The summed E-state index contributed by atoms with van der Waals surface area (Å²) in [5.74, 6) is 0. The number of carbonyl (C=O) groups is 1. The van der Waals surface area contributed by atoms with E-state index >= 15 is 0 Å². The fourth-order valence-corrected chi connectivity index (χ4v) is 3.80. The third-order valence-electron chi connectivity index (χ3n) is 5.01. The average molecular weight is 476 g/mol. The number of aliphatic hydroxyl groups excluding tert-OH is 1. The van der Waals surface area contributed by atoms with Gasteiger partial charge in [-0.05, 0) is 47.9 Å². The van der Waals surface area contributed by atoms with Crippen LogP contribution >= 0.6 is 15.9 Å². The zero-order valence-corrected chi connectivity index (χ0v) is 18.6. The van der Waals surface area contributed by atoms with Gasteiger partial charge in [-0.2, -0.15) is 0 Å². The zero-order chi connectivity index (χ0) is 21.8. The van der Waals surface area contributed by atoms with Crippen molar-refractivity contribution in [3.05, 3.63) is 94.6 Å². The Labute approximate surface area is 189 Å². The van der Waals surface area contributed by atoms with Crippen molar-refractivity contribution in [3.8, 4) is 11.1 Å². The predicted octanol–water partition coefficient (Wildman–Crippen LogP) is 5.83. The van der Waals surface area contributed by atoms with Crippen LogP contribution in [-0.4, -0.2) is 22.7 Å². The molecule has 0 saturated heterocycles. The molecule has 0 spiro atoms. The number of pyridine rings is 1. The molecule has 0 aliphatic carbocycles. The Hall–Kier alpha value is -3.22. The maximum Gasteiger partial charge on any atom is 0.319 e. The highest BCUT2D eigenvalue weighted by molar-refractivity contribution is 9.10. The van der Waals surface area contributed by atoms with Gasteiger partial charge in [0, 0.05) is 22.1 Å². The van der Waals surface area contributed by atoms with Crippen molar-refractivity contribution in [3.63, 3.8) is 0 Å². The molecule has 31 heavy (non-hydrogen) atoms. The van der Waals surface area contributed by atoms with Gasteiger partial charge in [-0.1, -0.05) is 70.5 Å². The molecule has 1 heterocycles. The molecule has 1 aromatic heterocycles. The van der Waals surface area contributed by atoms with Crippen LogP contribution in [0.5, 0.6) is 0 Å². The van der Waals surface area contributed by atoms with Crippen LogP contribution in [0.15, 0.2) is 83.3 Å². The maximum absolute atomic E-state index is 12.5. The van der Waals surface area contributed by atoms with Gasteiger partial charge in [0.15, 0.2) is 0 Å². The quantitative estimate of drug-likeness (QED) is 0.340. The molecule has 0 aliphatic heterocycles. The van der Waals surface area contributed by atoms with Gasteiger partial charge in [-0.25, -0.2) is 4.79 Å². The molecule has 0 saturated carbocycles. The van der Waals surface area contributed by atoms with E-state index in [1.165, 1.54) is 0 Å². The number of aryl methyl sites for hydroxylation is 1. The van der Waals surface area contributed by atoms with Gasteiger partial charge < -0.3 is 15.7 Å². The summed E-state index contributed by atoms with van der Waals surface area (Å²) >= 11 is 3.46. The molecule has 3 aromatic carbocycles. The average Bonchev–Trinajstić information content (AvgIpc) is 2.78. The number of nitrogens with one attached hydrogen (secondary N) is 2. The van der Waals surface area contributed by atoms with Gasteiger partial charge in [0.25, 0.3) is 0 Å². The smallest absolute Gasteiger partial charge is 0.319 e. The Morgan fingerprint density at radius 1 is 1.00 bits per heavy atom. The molecular weight excluding hydrogens is 454 g/mol. The van der Waals surface area contributed by atoms with Crippen molar-refractivity contribution in [2.75, 3.05) is 11.9 Å². The third kappa shape index (κ3) is 5.10.